The molecule has 1 saturated carbocycles. The Hall–Kier alpha value is -3.35. The SMILES string of the molecule is CC(CCNC(=O)CC1CCCC1NC(=O)OCC1c2ccccc2-c2ccccc21)C(=O)O. The van der Waals surface area contributed by atoms with Gasteiger partial charge in [-0.1, -0.05) is 61.9 Å². The second kappa shape index (κ2) is 10.7. The normalized spacial score (nSPS) is 19.7. The van der Waals surface area contributed by atoms with Crippen molar-refractivity contribution in [3.63, 3.8) is 0 Å². The van der Waals surface area contributed by atoms with Crippen molar-refractivity contribution in [3.8, 4) is 11.1 Å². The maximum Gasteiger partial charge on any atom is 0.407 e. The molecule has 4 rings (SSSR count). The topological polar surface area (TPSA) is 105 Å². The minimum atomic E-state index is -0.864. The number of carbonyl (C=O) groups excluding carboxylic acids is 2. The van der Waals surface area contributed by atoms with Gasteiger partial charge in [-0.15, -0.1) is 0 Å². The third-order valence-corrected chi connectivity index (χ3v) is 7.07. The first-order valence-electron chi connectivity index (χ1n) is 12.0. The number of amides is 2. The molecule has 0 spiro atoms. The highest BCUT2D eigenvalue weighted by molar-refractivity contribution is 5.79. The van der Waals surface area contributed by atoms with Crippen LogP contribution in [0.5, 0.6) is 0 Å². The van der Waals surface area contributed by atoms with Crippen molar-refractivity contribution < 1.29 is 24.2 Å². The zero-order valence-electron chi connectivity index (χ0n) is 19.5. The van der Waals surface area contributed by atoms with E-state index >= 15 is 0 Å². The molecule has 0 aromatic heterocycles. The lowest BCUT2D eigenvalue weighted by atomic mass is 9.98. The predicted molar refractivity (Wildman–Crippen MR) is 128 cm³/mol. The van der Waals surface area contributed by atoms with Crippen LogP contribution in [-0.4, -0.2) is 42.3 Å². The van der Waals surface area contributed by atoms with E-state index in [0.29, 0.717) is 19.4 Å². The van der Waals surface area contributed by atoms with Crippen molar-refractivity contribution >= 4 is 18.0 Å². The van der Waals surface area contributed by atoms with E-state index in [9.17, 15) is 14.4 Å². The zero-order chi connectivity index (χ0) is 24.1. The van der Waals surface area contributed by atoms with Crippen LogP contribution >= 0.6 is 0 Å². The second-order valence-electron chi connectivity index (χ2n) is 9.35. The van der Waals surface area contributed by atoms with E-state index in [0.717, 1.165) is 19.3 Å². The van der Waals surface area contributed by atoms with Gasteiger partial charge in [0.05, 0.1) is 5.92 Å². The maximum atomic E-state index is 12.6. The molecule has 180 valence electrons. The van der Waals surface area contributed by atoms with E-state index in [1.54, 1.807) is 6.92 Å². The fraction of sp³-hybridized carbons (Fsp3) is 0.444. The van der Waals surface area contributed by atoms with Crippen molar-refractivity contribution in [2.75, 3.05) is 13.2 Å². The van der Waals surface area contributed by atoms with Gasteiger partial charge in [0.1, 0.15) is 6.61 Å². The number of rotatable bonds is 9. The number of nitrogens with one attached hydrogen (secondary N) is 2. The van der Waals surface area contributed by atoms with E-state index in [1.165, 1.54) is 22.3 Å². The Balaban J connectivity index is 1.27. The number of carboxylic acid groups (broad SMARTS) is 1. The summed E-state index contributed by atoms with van der Waals surface area (Å²) in [6, 6.07) is 16.3. The molecule has 2 aliphatic rings. The Morgan fingerprint density at radius 1 is 1.03 bits per heavy atom. The van der Waals surface area contributed by atoms with Crippen LogP contribution in [0.3, 0.4) is 0 Å². The zero-order valence-corrected chi connectivity index (χ0v) is 19.5. The lowest BCUT2D eigenvalue weighted by molar-refractivity contribution is -0.141. The molecule has 2 aromatic carbocycles. The molecular weight excluding hydrogens is 432 g/mol. The lowest BCUT2D eigenvalue weighted by Crippen LogP contribution is -2.40. The molecule has 7 heteroatoms. The van der Waals surface area contributed by atoms with Crippen LogP contribution in [0.2, 0.25) is 0 Å². The van der Waals surface area contributed by atoms with Crippen LogP contribution in [0.15, 0.2) is 48.5 Å². The highest BCUT2D eigenvalue weighted by Gasteiger charge is 2.32. The maximum absolute atomic E-state index is 12.6. The number of ether oxygens (including phenoxy) is 1. The van der Waals surface area contributed by atoms with E-state index in [4.69, 9.17) is 9.84 Å². The molecule has 7 nitrogen and oxygen atoms in total. The van der Waals surface area contributed by atoms with Crippen molar-refractivity contribution in [2.24, 2.45) is 11.8 Å². The smallest absolute Gasteiger partial charge is 0.407 e. The molecule has 0 bridgehead atoms. The highest BCUT2D eigenvalue weighted by atomic mass is 16.5. The molecule has 3 atom stereocenters. The van der Waals surface area contributed by atoms with Gasteiger partial charge in [0.25, 0.3) is 0 Å². The number of carbonyl (C=O) groups is 3. The van der Waals surface area contributed by atoms with Gasteiger partial charge >= 0.3 is 12.1 Å². The number of aliphatic carboxylic acids is 1. The molecule has 0 radical (unpaired) electrons. The number of carboxylic acids is 1. The van der Waals surface area contributed by atoms with E-state index in [2.05, 4.69) is 34.9 Å². The number of hydrogen-bond acceptors (Lipinski definition) is 4. The van der Waals surface area contributed by atoms with E-state index in [1.807, 2.05) is 24.3 Å². The molecule has 2 aliphatic carbocycles. The van der Waals surface area contributed by atoms with Crippen LogP contribution in [0.4, 0.5) is 4.79 Å². The fourth-order valence-electron chi connectivity index (χ4n) is 5.12. The molecule has 0 saturated heterocycles. The first-order chi connectivity index (χ1) is 16.4. The second-order valence-corrected chi connectivity index (χ2v) is 9.35. The lowest BCUT2D eigenvalue weighted by Gasteiger charge is -2.21. The van der Waals surface area contributed by atoms with Crippen LogP contribution in [0.1, 0.15) is 56.1 Å². The van der Waals surface area contributed by atoms with Crippen molar-refractivity contribution in [1.29, 1.82) is 0 Å². The van der Waals surface area contributed by atoms with Gasteiger partial charge in [0, 0.05) is 24.9 Å². The van der Waals surface area contributed by atoms with Crippen LogP contribution in [0.25, 0.3) is 11.1 Å². The highest BCUT2D eigenvalue weighted by Crippen LogP contribution is 2.44. The number of benzene rings is 2. The number of fused-ring (bicyclic) bond motifs is 3. The largest absolute Gasteiger partial charge is 0.481 e. The first kappa shape index (κ1) is 23.8. The molecule has 1 fully saturated rings. The summed E-state index contributed by atoms with van der Waals surface area (Å²) in [6.07, 6.45) is 2.89. The summed E-state index contributed by atoms with van der Waals surface area (Å²) >= 11 is 0. The summed E-state index contributed by atoms with van der Waals surface area (Å²) in [5, 5.41) is 14.7. The molecule has 34 heavy (non-hydrogen) atoms. The minimum Gasteiger partial charge on any atom is -0.481 e. The van der Waals surface area contributed by atoms with Gasteiger partial charge in [0.15, 0.2) is 0 Å². The Bertz CT molecular complexity index is 1010. The van der Waals surface area contributed by atoms with E-state index < -0.39 is 18.0 Å². The summed E-state index contributed by atoms with van der Waals surface area (Å²) in [5.41, 5.74) is 4.71. The minimum absolute atomic E-state index is 0.0106. The van der Waals surface area contributed by atoms with Crippen molar-refractivity contribution in [1.82, 2.24) is 10.6 Å². The predicted octanol–water partition coefficient (Wildman–Crippen LogP) is 4.31. The van der Waals surface area contributed by atoms with Gasteiger partial charge in [0.2, 0.25) is 5.91 Å². The molecule has 2 aromatic rings. The van der Waals surface area contributed by atoms with Gasteiger partial charge in [-0.2, -0.15) is 0 Å². The third kappa shape index (κ3) is 5.41. The fourth-order valence-corrected chi connectivity index (χ4v) is 5.12. The van der Waals surface area contributed by atoms with Gasteiger partial charge in [-0.05, 0) is 47.4 Å². The van der Waals surface area contributed by atoms with Gasteiger partial charge < -0.3 is 20.5 Å². The molecule has 0 heterocycles. The molecule has 3 N–H and O–H groups in total. The van der Waals surface area contributed by atoms with Crippen LogP contribution < -0.4 is 10.6 Å². The summed E-state index contributed by atoms with van der Waals surface area (Å²) in [7, 11) is 0. The molecular formula is C27H32N2O5. The first-order valence-corrected chi connectivity index (χ1v) is 12.0. The Labute approximate surface area is 199 Å². The quantitative estimate of drug-likeness (QED) is 0.513. The van der Waals surface area contributed by atoms with Gasteiger partial charge in [-0.25, -0.2) is 4.79 Å². The Morgan fingerprint density at radius 2 is 1.68 bits per heavy atom. The summed E-state index contributed by atoms with van der Waals surface area (Å²) in [5.74, 6) is -1.40. The summed E-state index contributed by atoms with van der Waals surface area (Å²) < 4.78 is 5.66. The van der Waals surface area contributed by atoms with Crippen LogP contribution in [-0.2, 0) is 14.3 Å². The average Bonchev–Trinajstić information content (AvgIpc) is 3.39. The summed E-state index contributed by atoms with van der Waals surface area (Å²) in [6.45, 7) is 2.22. The van der Waals surface area contributed by atoms with Crippen LogP contribution in [0, 0.1) is 11.8 Å². The molecule has 2 amide bonds. The monoisotopic (exact) mass is 464 g/mol. The Morgan fingerprint density at radius 3 is 2.32 bits per heavy atom. The standard InChI is InChI=1S/C27H32N2O5/c1-17(26(31)32)13-14-28-25(30)15-18-7-6-12-24(18)29-27(33)34-16-23-21-10-4-2-8-19(21)20-9-3-5-11-22(20)23/h2-5,8-11,17-18,23-24H,6-7,12-16H2,1H3,(H,28,30)(H,29,33)(H,31,32). The van der Waals surface area contributed by atoms with Crippen molar-refractivity contribution in [2.45, 2.75) is 51.0 Å². The third-order valence-electron chi connectivity index (χ3n) is 7.07. The average molecular weight is 465 g/mol. The van der Waals surface area contributed by atoms with Crippen molar-refractivity contribution in [3.05, 3.63) is 59.7 Å². The summed E-state index contributed by atoms with van der Waals surface area (Å²) in [4.78, 5) is 35.8. The molecule has 0 aliphatic heterocycles. The van der Waals surface area contributed by atoms with E-state index in [-0.39, 0.29) is 30.4 Å². The number of alkyl carbamates (subject to hydrolysis) is 1. The molecule has 3 unspecified atom stereocenters. The van der Waals surface area contributed by atoms with Gasteiger partial charge in [-0.3, -0.25) is 9.59 Å². The number of hydrogen-bond donors (Lipinski definition) is 3. The Kier molecular flexibility index (Phi) is 7.50.